The van der Waals surface area contributed by atoms with Crippen molar-refractivity contribution in [2.24, 2.45) is 0 Å². The monoisotopic (exact) mass is 296 g/mol. The normalized spacial score (nSPS) is 11.2. The molecule has 0 saturated heterocycles. The number of nitrogens with zero attached hydrogens (tertiary/aromatic N) is 3. The minimum absolute atomic E-state index is 0.309. The molecule has 0 aliphatic heterocycles. The van der Waals surface area contributed by atoms with Gasteiger partial charge in [-0.05, 0) is 12.1 Å². The second-order valence-corrected chi connectivity index (χ2v) is 5.77. The van der Waals surface area contributed by atoms with Crippen LogP contribution in [0.1, 0.15) is 6.42 Å². The molecule has 0 atom stereocenters. The molecule has 0 spiro atoms. The van der Waals surface area contributed by atoms with E-state index in [0.29, 0.717) is 11.4 Å². The fourth-order valence-corrected chi connectivity index (χ4v) is 2.59. The highest BCUT2D eigenvalue weighted by molar-refractivity contribution is 7.92. The largest absolute Gasteiger partial charge is 0.481 e. The highest BCUT2D eigenvalue weighted by atomic mass is 32.2. The number of carboxylic acids is 1. The van der Waals surface area contributed by atoms with E-state index >= 15 is 0 Å². The van der Waals surface area contributed by atoms with Crippen molar-refractivity contribution in [1.82, 2.24) is 15.0 Å². The number of aliphatic carboxylic acids is 1. The molecule has 2 rings (SSSR count). The summed E-state index contributed by atoms with van der Waals surface area (Å²) in [7, 11) is -3.74. The predicted octanol–water partition coefficient (Wildman–Crippen LogP) is 0.484. The van der Waals surface area contributed by atoms with Crippen molar-refractivity contribution in [3.05, 3.63) is 36.7 Å². The van der Waals surface area contributed by atoms with E-state index in [1.54, 1.807) is 30.5 Å². The zero-order valence-corrected chi connectivity index (χ0v) is 11.1. The third-order valence-corrected chi connectivity index (χ3v) is 3.70. The minimum atomic E-state index is -3.74. The van der Waals surface area contributed by atoms with Crippen molar-refractivity contribution in [2.45, 2.75) is 6.42 Å². The average Bonchev–Trinajstić information content (AvgIpc) is 2.90. The Morgan fingerprint density at radius 1 is 1.35 bits per heavy atom. The third-order valence-electron chi connectivity index (χ3n) is 2.42. The Bertz CT molecular complexity index is 697. The number of benzene rings is 1. The topological polar surface area (TPSA) is 114 Å². The SMILES string of the molecule is O=C(O)CCS(=O)(=O)Nc1ccccc1-n1ccnn1. The third kappa shape index (κ3) is 3.54. The lowest BCUT2D eigenvalue weighted by atomic mass is 10.3. The van der Waals surface area contributed by atoms with Crippen LogP contribution in [0.15, 0.2) is 36.7 Å². The molecule has 106 valence electrons. The standard InChI is InChI=1S/C11H12N4O4S/c16-11(17)5-8-20(18,19)13-9-3-1-2-4-10(9)15-7-6-12-14-15/h1-4,6-7,13H,5,8H2,(H,16,17). The van der Waals surface area contributed by atoms with Gasteiger partial charge in [0.1, 0.15) is 0 Å². The van der Waals surface area contributed by atoms with Gasteiger partial charge in [-0.25, -0.2) is 13.1 Å². The molecule has 2 aromatic rings. The number of nitrogens with one attached hydrogen (secondary N) is 1. The first-order chi connectivity index (χ1) is 9.48. The van der Waals surface area contributed by atoms with E-state index in [0.717, 1.165) is 0 Å². The quantitative estimate of drug-likeness (QED) is 0.801. The molecule has 2 N–H and O–H groups in total. The molecule has 9 heteroatoms. The molecule has 0 saturated carbocycles. The summed E-state index contributed by atoms with van der Waals surface area (Å²) in [6, 6.07) is 6.63. The molecule has 0 radical (unpaired) electrons. The number of hydrogen-bond donors (Lipinski definition) is 2. The van der Waals surface area contributed by atoms with E-state index in [2.05, 4.69) is 15.0 Å². The van der Waals surface area contributed by atoms with Crippen LogP contribution >= 0.6 is 0 Å². The van der Waals surface area contributed by atoms with Crippen LogP contribution in [0.5, 0.6) is 0 Å². The number of rotatable bonds is 6. The van der Waals surface area contributed by atoms with E-state index in [4.69, 9.17) is 5.11 Å². The van der Waals surface area contributed by atoms with Gasteiger partial charge >= 0.3 is 5.97 Å². The molecule has 0 fully saturated rings. The molecule has 8 nitrogen and oxygen atoms in total. The van der Waals surface area contributed by atoms with Crippen LogP contribution in [0, 0.1) is 0 Å². The summed E-state index contributed by atoms with van der Waals surface area (Å²) < 4.78 is 27.4. The van der Waals surface area contributed by atoms with Gasteiger partial charge in [0.2, 0.25) is 10.0 Å². The summed E-state index contributed by atoms with van der Waals surface area (Å²) in [5.41, 5.74) is 0.812. The Hall–Kier alpha value is -2.42. The van der Waals surface area contributed by atoms with Crippen LogP contribution in [0.2, 0.25) is 0 Å². The van der Waals surface area contributed by atoms with Crippen molar-refractivity contribution in [1.29, 1.82) is 0 Å². The molecule has 0 unspecified atom stereocenters. The Kier molecular flexibility index (Phi) is 3.99. The van der Waals surface area contributed by atoms with Crippen molar-refractivity contribution >= 4 is 21.7 Å². The number of hydrogen-bond acceptors (Lipinski definition) is 5. The van der Waals surface area contributed by atoms with Gasteiger partial charge in [0.15, 0.2) is 0 Å². The molecule has 0 aliphatic carbocycles. The Balaban J connectivity index is 2.24. The maximum atomic E-state index is 11.8. The number of carbonyl (C=O) groups is 1. The first-order valence-corrected chi connectivity index (χ1v) is 7.31. The van der Waals surface area contributed by atoms with Crippen molar-refractivity contribution < 1.29 is 18.3 Å². The highest BCUT2D eigenvalue weighted by Crippen LogP contribution is 2.20. The number of sulfonamides is 1. The first-order valence-electron chi connectivity index (χ1n) is 5.66. The second kappa shape index (κ2) is 5.70. The summed E-state index contributed by atoms with van der Waals surface area (Å²) in [4.78, 5) is 10.4. The Labute approximate surface area is 115 Å². The van der Waals surface area contributed by atoms with Gasteiger partial charge < -0.3 is 5.11 Å². The molecule has 1 heterocycles. The molecule has 20 heavy (non-hydrogen) atoms. The van der Waals surface area contributed by atoms with Crippen LogP contribution in [-0.4, -0.2) is 40.2 Å². The van der Waals surface area contributed by atoms with Gasteiger partial charge in [-0.2, -0.15) is 0 Å². The van der Waals surface area contributed by atoms with Crippen molar-refractivity contribution in [3.63, 3.8) is 0 Å². The minimum Gasteiger partial charge on any atom is -0.481 e. The summed E-state index contributed by atoms with van der Waals surface area (Å²) in [5.74, 6) is -1.66. The molecule has 0 amide bonds. The number of para-hydroxylation sites is 2. The van der Waals surface area contributed by atoms with Gasteiger partial charge in [-0.15, -0.1) is 5.10 Å². The van der Waals surface area contributed by atoms with E-state index in [-0.39, 0.29) is 0 Å². The van der Waals surface area contributed by atoms with Crippen LogP contribution in [0.25, 0.3) is 5.69 Å². The number of anilines is 1. The Morgan fingerprint density at radius 3 is 2.75 bits per heavy atom. The van der Waals surface area contributed by atoms with Crippen LogP contribution in [0.3, 0.4) is 0 Å². The Morgan fingerprint density at radius 2 is 2.10 bits per heavy atom. The fourth-order valence-electron chi connectivity index (χ4n) is 1.54. The summed E-state index contributed by atoms with van der Waals surface area (Å²) in [5, 5.41) is 16.0. The molecule has 1 aromatic carbocycles. The molecule has 0 aliphatic rings. The number of aromatic nitrogens is 3. The van der Waals surface area contributed by atoms with E-state index in [9.17, 15) is 13.2 Å². The van der Waals surface area contributed by atoms with Crippen molar-refractivity contribution in [3.8, 4) is 5.69 Å². The van der Waals surface area contributed by atoms with E-state index in [1.807, 2.05) is 0 Å². The van der Waals surface area contributed by atoms with Gasteiger partial charge in [-0.3, -0.25) is 9.52 Å². The van der Waals surface area contributed by atoms with Crippen LogP contribution in [0.4, 0.5) is 5.69 Å². The fraction of sp³-hybridized carbons (Fsp3) is 0.182. The number of carboxylic acid groups (broad SMARTS) is 1. The van der Waals surface area contributed by atoms with E-state index in [1.165, 1.54) is 10.9 Å². The average molecular weight is 296 g/mol. The van der Waals surface area contributed by atoms with E-state index < -0.39 is 28.2 Å². The molecular formula is C11H12N4O4S. The molecule has 0 bridgehead atoms. The molecule has 1 aromatic heterocycles. The lowest BCUT2D eigenvalue weighted by Gasteiger charge is -2.11. The van der Waals surface area contributed by atoms with Crippen LogP contribution < -0.4 is 4.72 Å². The highest BCUT2D eigenvalue weighted by Gasteiger charge is 2.15. The summed E-state index contributed by atoms with van der Waals surface area (Å²) in [6.45, 7) is 0. The zero-order chi connectivity index (χ0) is 14.6. The molecular weight excluding hydrogens is 284 g/mol. The smallest absolute Gasteiger partial charge is 0.304 e. The lowest BCUT2D eigenvalue weighted by Crippen LogP contribution is -2.20. The second-order valence-electron chi connectivity index (χ2n) is 3.93. The predicted molar refractivity (Wildman–Crippen MR) is 71.0 cm³/mol. The van der Waals surface area contributed by atoms with Crippen molar-refractivity contribution in [2.75, 3.05) is 10.5 Å². The first kappa shape index (κ1) is 14.0. The van der Waals surface area contributed by atoms with Gasteiger partial charge in [-0.1, -0.05) is 17.3 Å². The summed E-state index contributed by atoms with van der Waals surface area (Å²) in [6.07, 6.45) is 2.58. The van der Waals surface area contributed by atoms with Gasteiger partial charge in [0.25, 0.3) is 0 Å². The summed E-state index contributed by atoms with van der Waals surface area (Å²) >= 11 is 0. The van der Waals surface area contributed by atoms with Gasteiger partial charge in [0.05, 0.1) is 35.9 Å². The van der Waals surface area contributed by atoms with Gasteiger partial charge in [0, 0.05) is 0 Å². The lowest BCUT2D eigenvalue weighted by molar-refractivity contribution is -0.136. The van der Waals surface area contributed by atoms with Crippen LogP contribution in [-0.2, 0) is 14.8 Å². The maximum Gasteiger partial charge on any atom is 0.304 e. The maximum absolute atomic E-state index is 11.8. The zero-order valence-electron chi connectivity index (χ0n) is 10.3.